The van der Waals surface area contributed by atoms with E-state index in [1.54, 1.807) is 0 Å². The maximum atomic E-state index is 13.1. The van der Waals surface area contributed by atoms with Gasteiger partial charge >= 0.3 is 8.80 Å². The Morgan fingerprint density at radius 2 is 0.642 bits per heavy atom. The van der Waals surface area contributed by atoms with Gasteiger partial charge in [0.2, 0.25) is 0 Å². The molecule has 7 heteroatoms. The van der Waals surface area contributed by atoms with Gasteiger partial charge in [-0.25, -0.2) is 0 Å². The molecule has 0 aromatic heterocycles. The highest BCUT2D eigenvalue weighted by Crippen LogP contribution is 2.24. The van der Waals surface area contributed by atoms with E-state index in [0.717, 1.165) is 57.1 Å². The molecule has 0 aromatic carbocycles. The number of carbonyl (C=O) groups is 2. The van der Waals surface area contributed by atoms with E-state index in [0.29, 0.717) is 25.5 Å². The van der Waals surface area contributed by atoms with E-state index >= 15 is 0 Å². The largest absolute Gasteiger partial charge is 0.636 e. The molecule has 0 amide bonds. The quantitative estimate of drug-likeness (QED) is 0.0379. The third-order valence-corrected chi connectivity index (χ3v) is 13.9. The Hall–Kier alpha value is -0.533. The zero-order chi connectivity index (χ0) is 38.8. The molecule has 316 valence electrons. The average molecular weight is 785 g/mol. The number of unbranched alkanes of at least 4 members (excludes halogenated alkanes) is 33. The van der Waals surface area contributed by atoms with E-state index < -0.39 is 8.80 Å². The maximum absolute atomic E-state index is 13.1. The summed E-state index contributed by atoms with van der Waals surface area (Å²) in [4.78, 5) is 26.2. The van der Waals surface area contributed by atoms with E-state index in [-0.39, 0.29) is 11.9 Å². The molecule has 0 saturated heterocycles. The third-order valence-electron chi connectivity index (χ3n) is 10.8. The molecule has 0 bridgehead atoms. The van der Waals surface area contributed by atoms with Crippen molar-refractivity contribution < 1.29 is 22.9 Å². The fraction of sp³-hybridized carbons (Fsp3) is 0.957. The van der Waals surface area contributed by atoms with Crippen LogP contribution in [0.3, 0.4) is 0 Å². The molecule has 0 aliphatic rings. The molecule has 0 N–H and O–H groups in total. The summed E-state index contributed by atoms with van der Waals surface area (Å²) in [5.74, 6) is 0.423. The molecular weight excluding hydrogens is 693 g/mol. The number of hydrogen-bond donors (Lipinski definition) is 1. The first kappa shape index (κ1) is 52.5. The van der Waals surface area contributed by atoms with Gasteiger partial charge in [-0.3, -0.25) is 9.59 Å². The smallest absolute Gasteiger partial charge is 0.464 e. The van der Waals surface area contributed by atoms with Gasteiger partial charge in [-0.1, -0.05) is 219 Å². The van der Waals surface area contributed by atoms with Crippen LogP contribution in [0.4, 0.5) is 0 Å². The minimum absolute atomic E-state index is 0.256. The van der Waals surface area contributed by atoms with Crippen LogP contribution in [0.1, 0.15) is 265 Å². The van der Waals surface area contributed by atoms with Crippen LogP contribution in [-0.2, 0) is 22.9 Å². The molecule has 0 unspecified atom stereocenters. The Morgan fingerprint density at radius 1 is 0.377 bits per heavy atom. The molecular formula is C46H92O5SSi. The third kappa shape index (κ3) is 38.1. The zero-order valence-electron chi connectivity index (χ0n) is 36.0. The van der Waals surface area contributed by atoms with Gasteiger partial charge in [0.25, 0.3) is 11.9 Å². The first-order valence-corrected chi connectivity index (χ1v) is 26.3. The summed E-state index contributed by atoms with van der Waals surface area (Å²) in [6.45, 7) is 6.85. The van der Waals surface area contributed by atoms with E-state index in [2.05, 4.69) is 26.5 Å². The van der Waals surface area contributed by atoms with Gasteiger partial charge in [-0.2, -0.15) is 12.6 Å². The fourth-order valence-electron chi connectivity index (χ4n) is 7.36. The molecule has 0 atom stereocenters. The van der Waals surface area contributed by atoms with Crippen LogP contribution in [-0.4, -0.2) is 33.1 Å². The predicted molar refractivity (Wildman–Crippen MR) is 235 cm³/mol. The summed E-state index contributed by atoms with van der Waals surface area (Å²) in [6.07, 6.45) is 46.1. The lowest BCUT2D eigenvalue weighted by Gasteiger charge is -2.28. The van der Waals surface area contributed by atoms with E-state index in [4.69, 9.17) is 13.3 Å². The van der Waals surface area contributed by atoms with Crippen LogP contribution in [0, 0.1) is 0 Å². The van der Waals surface area contributed by atoms with Gasteiger partial charge in [0.15, 0.2) is 0 Å². The molecule has 0 radical (unpaired) electrons. The number of thiol groups is 1. The molecule has 0 aromatic rings. The minimum Gasteiger partial charge on any atom is -0.464 e. The summed E-state index contributed by atoms with van der Waals surface area (Å²) >= 11 is 4.32. The van der Waals surface area contributed by atoms with Crippen LogP contribution in [0.25, 0.3) is 0 Å². The first-order valence-electron chi connectivity index (χ1n) is 23.7. The van der Waals surface area contributed by atoms with Gasteiger partial charge in [0, 0.05) is 25.5 Å². The van der Waals surface area contributed by atoms with Crippen molar-refractivity contribution in [1.29, 1.82) is 0 Å². The second kappa shape index (κ2) is 42.6. The van der Waals surface area contributed by atoms with Crippen molar-refractivity contribution in [3.63, 3.8) is 0 Å². The van der Waals surface area contributed by atoms with Crippen LogP contribution in [0.2, 0.25) is 6.04 Å². The molecule has 0 saturated carbocycles. The lowest BCUT2D eigenvalue weighted by Crippen LogP contribution is -2.49. The fourth-order valence-corrected chi connectivity index (χ4v) is 10.1. The van der Waals surface area contributed by atoms with Crippen molar-refractivity contribution in [3.05, 3.63) is 0 Å². The van der Waals surface area contributed by atoms with E-state index in [9.17, 15) is 9.59 Å². The van der Waals surface area contributed by atoms with Crippen molar-refractivity contribution >= 4 is 33.4 Å². The van der Waals surface area contributed by atoms with Crippen molar-refractivity contribution in [2.24, 2.45) is 0 Å². The number of rotatable bonds is 44. The maximum Gasteiger partial charge on any atom is 0.636 e. The number of hydrogen-bond acceptors (Lipinski definition) is 6. The zero-order valence-corrected chi connectivity index (χ0v) is 37.9. The molecule has 0 fully saturated rings. The Bertz CT molecular complexity index is 718. The van der Waals surface area contributed by atoms with Crippen molar-refractivity contribution in [1.82, 2.24) is 0 Å². The SMILES string of the molecule is CCCCCCCCCCCCCCCCCC(=O)O[Si](CCCCCCCCS)(OCC)OC(=O)CCCCCCCCCCCCCCCCC. The summed E-state index contributed by atoms with van der Waals surface area (Å²) in [5.41, 5.74) is 0. The summed E-state index contributed by atoms with van der Waals surface area (Å²) < 4.78 is 18.2. The lowest BCUT2D eigenvalue weighted by atomic mass is 10.0. The lowest BCUT2D eigenvalue weighted by molar-refractivity contribution is -0.146. The summed E-state index contributed by atoms with van der Waals surface area (Å²) in [5, 5.41) is 0. The average Bonchev–Trinajstić information content (AvgIpc) is 3.14. The second-order valence-electron chi connectivity index (χ2n) is 16.1. The Balaban J connectivity index is 4.40. The highest BCUT2D eigenvalue weighted by atomic mass is 32.1. The van der Waals surface area contributed by atoms with Crippen molar-refractivity contribution in [2.45, 2.75) is 271 Å². The molecule has 5 nitrogen and oxygen atoms in total. The normalized spacial score (nSPS) is 11.7. The van der Waals surface area contributed by atoms with E-state index in [1.165, 1.54) is 180 Å². The van der Waals surface area contributed by atoms with Crippen LogP contribution in [0.15, 0.2) is 0 Å². The van der Waals surface area contributed by atoms with Crippen molar-refractivity contribution in [3.8, 4) is 0 Å². The first-order chi connectivity index (χ1) is 26.0. The van der Waals surface area contributed by atoms with Gasteiger partial charge < -0.3 is 13.3 Å². The van der Waals surface area contributed by atoms with Crippen LogP contribution >= 0.6 is 12.6 Å². The van der Waals surface area contributed by atoms with E-state index in [1.807, 2.05) is 6.92 Å². The van der Waals surface area contributed by atoms with Gasteiger partial charge in [-0.05, 0) is 38.4 Å². The monoisotopic (exact) mass is 785 g/mol. The minimum atomic E-state index is -3.43. The highest BCUT2D eigenvalue weighted by molar-refractivity contribution is 7.80. The predicted octanol–water partition coefficient (Wildman–Crippen LogP) is 15.8. The highest BCUT2D eigenvalue weighted by Gasteiger charge is 2.48. The van der Waals surface area contributed by atoms with Crippen LogP contribution < -0.4 is 0 Å². The Morgan fingerprint density at radius 3 is 0.925 bits per heavy atom. The standard InChI is InChI=1S/C46H92O5SSi/c1-4-7-9-11-13-15-17-19-21-23-25-27-29-33-37-41-45(47)50-53(49-6-3,44-40-36-32-31-35-39-43-52)51-46(48)42-38-34-30-28-26-24-22-20-18-16-14-12-10-8-5-2/h52H,4-44H2,1-3H3. The van der Waals surface area contributed by atoms with Crippen LogP contribution in [0.5, 0.6) is 0 Å². The van der Waals surface area contributed by atoms with Crippen molar-refractivity contribution in [2.75, 3.05) is 12.4 Å². The summed E-state index contributed by atoms with van der Waals surface area (Å²) in [7, 11) is -3.43. The van der Waals surface area contributed by atoms with Gasteiger partial charge in [0.1, 0.15) is 0 Å². The van der Waals surface area contributed by atoms with Gasteiger partial charge in [-0.15, -0.1) is 0 Å². The van der Waals surface area contributed by atoms with Gasteiger partial charge in [0.05, 0.1) is 0 Å². The molecule has 0 spiro atoms. The molecule has 0 aliphatic heterocycles. The second-order valence-corrected chi connectivity index (χ2v) is 19.1. The Labute approximate surface area is 338 Å². The molecule has 0 rings (SSSR count). The Kier molecular flexibility index (Phi) is 42.2. The molecule has 0 heterocycles. The molecule has 53 heavy (non-hydrogen) atoms. The number of carbonyl (C=O) groups excluding carboxylic acids is 2. The molecule has 0 aliphatic carbocycles. The topological polar surface area (TPSA) is 61.8 Å². The summed E-state index contributed by atoms with van der Waals surface area (Å²) in [6, 6.07) is 0.530.